The highest BCUT2D eigenvalue weighted by Crippen LogP contribution is 2.52. The molecule has 2 aliphatic carbocycles. The van der Waals surface area contributed by atoms with Crippen LogP contribution < -0.4 is 0 Å². The maximum atomic E-state index is 6.28. The second kappa shape index (κ2) is 6.12. The maximum absolute atomic E-state index is 6.28. The molecule has 2 saturated carbocycles. The van der Waals surface area contributed by atoms with E-state index in [0.717, 1.165) is 11.1 Å². The van der Waals surface area contributed by atoms with Gasteiger partial charge in [0.25, 0.3) is 0 Å². The summed E-state index contributed by atoms with van der Waals surface area (Å²) >= 11 is 0. The molecule has 100 valence electrons. The summed E-state index contributed by atoms with van der Waals surface area (Å²) in [5.41, 5.74) is 1.86. The van der Waals surface area contributed by atoms with Gasteiger partial charge < -0.3 is 13.3 Å². The molecular formula is C11H26O3Si3. The molecule has 0 unspecified atom stereocenters. The summed E-state index contributed by atoms with van der Waals surface area (Å²) in [5.74, 6) is 0. The summed E-state index contributed by atoms with van der Waals surface area (Å²) in [6.07, 6.45) is 5.60. The first-order valence-corrected chi connectivity index (χ1v) is 14.4. The fraction of sp³-hybridized carbons (Fsp3) is 1.00. The Morgan fingerprint density at radius 1 is 0.765 bits per heavy atom. The molecule has 6 heteroatoms. The van der Waals surface area contributed by atoms with Crippen molar-refractivity contribution < 1.29 is 13.3 Å². The lowest BCUT2D eigenvalue weighted by Crippen LogP contribution is -2.36. The van der Waals surface area contributed by atoms with Crippen LogP contribution in [-0.4, -0.2) is 33.6 Å². The van der Waals surface area contributed by atoms with Crippen molar-refractivity contribution in [3.05, 3.63) is 0 Å². The van der Waals surface area contributed by atoms with Crippen molar-refractivity contribution >= 4 is 27.1 Å². The van der Waals surface area contributed by atoms with Gasteiger partial charge in [0.2, 0.25) is 6.48 Å². The van der Waals surface area contributed by atoms with E-state index in [1.807, 2.05) is 0 Å². The average molecular weight is 291 g/mol. The molecule has 0 aromatic carbocycles. The highest BCUT2D eigenvalue weighted by Gasteiger charge is 2.45. The molecule has 3 nitrogen and oxygen atoms in total. The van der Waals surface area contributed by atoms with Crippen LogP contribution in [0.25, 0.3) is 0 Å². The van der Waals surface area contributed by atoms with Crippen molar-refractivity contribution in [3.8, 4) is 0 Å². The molecule has 17 heavy (non-hydrogen) atoms. The zero-order valence-electron chi connectivity index (χ0n) is 11.5. The lowest BCUT2D eigenvalue weighted by atomic mass is 10.9. The van der Waals surface area contributed by atoms with E-state index in [1.165, 1.54) is 25.7 Å². The van der Waals surface area contributed by atoms with E-state index in [-0.39, 0.29) is 6.48 Å². The van der Waals surface area contributed by atoms with Gasteiger partial charge in [0.15, 0.2) is 27.1 Å². The molecule has 0 aromatic rings. The largest absolute Gasteiger partial charge is 0.376 e. The SMILES string of the molecule is C[SiH](C)OC(O[SiH](C)C)O[SiH](C1CC1)C1CC1. The molecule has 2 aliphatic rings. The van der Waals surface area contributed by atoms with E-state index in [4.69, 9.17) is 13.3 Å². The van der Waals surface area contributed by atoms with Gasteiger partial charge in [-0.1, -0.05) is 25.7 Å². The summed E-state index contributed by atoms with van der Waals surface area (Å²) in [7, 11) is -3.19. The van der Waals surface area contributed by atoms with E-state index in [1.54, 1.807) is 0 Å². The van der Waals surface area contributed by atoms with Crippen LogP contribution in [-0.2, 0) is 13.3 Å². The van der Waals surface area contributed by atoms with Crippen LogP contribution in [0.1, 0.15) is 25.7 Å². The molecular weight excluding hydrogens is 264 g/mol. The standard InChI is InChI=1S/C11H26O3Si3/c1-15(2)12-11(13-16(3)4)14-17(9-5-6-9)10-7-8-10/h9-11,15-17H,5-8H2,1-4H3. The van der Waals surface area contributed by atoms with Crippen molar-refractivity contribution in [1.29, 1.82) is 0 Å². The summed E-state index contributed by atoms with van der Waals surface area (Å²) in [6, 6.07) is 0. The van der Waals surface area contributed by atoms with E-state index in [0.29, 0.717) is 0 Å². The Bertz CT molecular complexity index is 220. The first kappa shape index (κ1) is 14.0. The Morgan fingerprint density at radius 2 is 1.18 bits per heavy atom. The molecule has 0 amide bonds. The number of rotatable bonds is 8. The normalized spacial score (nSPS) is 21.2. The van der Waals surface area contributed by atoms with Gasteiger partial charge in [-0.15, -0.1) is 0 Å². The molecule has 0 aliphatic heterocycles. The van der Waals surface area contributed by atoms with Crippen LogP contribution in [0.4, 0.5) is 0 Å². The topological polar surface area (TPSA) is 27.7 Å². The quantitative estimate of drug-likeness (QED) is 0.507. The number of hydrogen-bond donors (Lipinski definition) is 0. The Labute approximate surface area is 110 Å². The molecule has 0 atom stereocenters. The van der Waals surface area contributed by atoms with E-state index in [9.17, 15) is 0 Å². The minimum absolute atomic E-state index is 0.300. The predicted molar refractivity (Wildman–Crippen MR) is 77.9 cm³/mol. The van der Waals surface area contributed by atoms with Crippen LogP contribution in [0.5, 0.6) is 0 Å². The van der Waals surface area contributed by atoms with E-state index in [2.05, 4.69) is 26.2 Å². The minimum atomic E-state index is -1.07. The third-order valence-electron chi connectivity index (χ3n) is 3.21. The van der Waals surface area contributed by atoms with E-state index >= 15 is 0 Å². The molecule has 0 saturated heterocycles. The lowest BCUT2D eigenvalue weighted by Gasteiger charge is -2.27. The summed E-state index contributed by atoms with van der Waals surface area (Å²) in [5, 5.41) is 0. The Balaban J connectivity index is 1.84. The van der Waals surface area contributed by atoms with Gasteiger partial charge in [0.1, 0.15) is 0 Å². The van der Waals surface area contributed by atoms with Crippen molar-refractivity contribution in [2.45, 2.75) is 69.4 Å². The average Bonchev–Trinajstić information content (AvgIpc) is 3.05. The Morgan fingerprint density at radius 3 is 1.47 bits per heavy atom. The first-order chi connectivity index (χ1) is 8.06. The predicted octanol–water partition coefficient (Wildman–Crippen LogP) is 2.34. The van der Waals surface area contributed by atoms with Crippen molar-refractivity contribution in [2.24, 2.45) is 0 Å². The van der Waals surface area contributed by atoms with Gasteiger partial charge in [-0.2, -0.15) is 0 Å². The third-order valence-corrected chi connectivity index (χ3v) is 8.47. The van der Waals surface area contributed by atoms with Crippen LogP contribution in [0.15, 0.2) is 0 Å². The monoisotopic (exact) mass is 290 g/mol. The van der Waals surface area contributed by atoms with E-state index < -0.39 is 27.1 Å². The maximum Gasteiger partial charge on any atom is 0.242 e. The zero-order chi connectivity index (χ0) is 12.4. The second-order valence-corrected chi connectivity index (χ2v) is 13.8. The van der Waals surface area contributed by atoms with Crippen molar-refractivity contribution in [3.63, 3.8) is 0 Å². The second-order valence-electron chi connectivity index (χ2n) is 5.93. The van der Waals surface area contributed by atoms with Crippen LogP contribution in [0.3, 0.4) is 0 Å². The number of hydrogen-bond acceptors (Lipinski definition) is 3. The fourth-order valence-corrected chi connectivity index (χ4v) is 6.95. The van der Waals surface area contributed by atoms with Crippen LogP contribution >= 0.6 is 0 Å². The fourth-order valence-electron chi connectivity index (χ4n) is 2.13. The summed E-state index contributed by atoms with van der Waals surface area (Å²) in [4.78, 5) is 0. The molecule has 0 N–H and O–H groups in total. The Kier molecular flexibility index (Phi) is 5.02. The first-order valence-electron chi connectivity index (χ1n) is 7.02. The minimum Gasteiger partial charge on any atom is -0.376 e. The smallest absolute Gasteiger partial charge is 0.242 e. The molecule has 0 spiro atoms. The van der Waals surface area contributed by atoms with Crippen LogP contribution in [0.2, 0.25) is 37.3 Å². The molecule has 0 bridgehead atoms. The molecule has 2 rings (SSSR count). The van der Waals surface area contributed by atoms with Gasteiger partial charge in [-0.25, -0.2) is 0 Å². The molecule has 0 heterocycles. The van der Waals surface area contributed by atoms with Crippen molar-refractivity contribution in [1.82, 2.24) is 0 Å². The summed E-state index contributed by atoms with van der Waals surface area (Å²) < 4.78 is 18.1. The van der Waals surface area contributed by atoms with Gasteiger partial charge in [-0.05, 0) is 37.3 Å². The summed E-state index contributed by atoms with van der Waals surface area (Å²) in [6.45, 7) is 8.45. The van der Waals surface area contributed by atoms with Crippen LogP contribution in [0, 0.1) is 0 Å². The molecule has 0 radical (unpaired) electrons. The third kappa shape index (κ3) is 4.96. The van der Waals surface area contributed by atoms with Gasteiger partial charge in [0, 0.05) is 0 Å². The highest BCUT2D eigenvalue weighted by atomic mass is 28.3. The van der Waals surface area contributed by atoms with Gasteiger partial charge in [-0.3, -0.25) is 0 Å². The Hall–Kier alpha value is 0.531. The van der Waals surface area contributed by atoms with Crippen molar-refractivity contribution in [2.75, 3.05) is 0 Å². The van der Waals surface area contributed by atoms with Gasteiger partial charge in [0.05, 0.1) is 0 Å². The molecule has 2 fully saturated rings. The van der Waals surface area contributed by atoms with Gasteiger partial charge >= 0.3 is 0 Å². The zero-order valence-corrected chi connectivity index (χ0v) is 15.0. The lowest BCUT2D eigenvalue weighted by molar-refractivity contribution is -0.149. The molecule has 0 aromatic heterocycles. The highest BCUT2D eigenvalue weighted by molar-refractivity contribution is 6.57.